The maximum absolute atomic E-state index is 12.7. The summed E-state index contributed by atoms with van der Waals surface area (Å²) >= 11 is 0. The molecule has 0 radical (unpaired) electrons. The van der Waals surface area contributed by atoms with Crippen LogP contribution in [0.25, 0.3) is 10.9 Å². The fourth-order valence-electron chi connectivity index (χ4n) is 2.34. The van der Waals surface area contributed by atoms with Crippen molar-refractivity contribution in [3.05, 3.63) is 59.5 Å². The lowest BCUT2D eigenvalue weighted by Crippen LogP contribution is -2.08. The van der Waals surface area contributed by atoms with Crippen LogP contribution in [-0.2, 0) is 0 Å². The zero-order chi connectivity index (χ0) is 15.7. The fourth-order valence-corrected chi connectivity index (χ4v) is 2.34. The first-order valence-electron chi connectivity index (χ1n) is 6.49. The molecule has 0 aliphatic heterocycles. The van der Waals surface area contributed by atoms with Crippen LogP contribution in [-0.4, -0.2) is 33.9 Å². The Balaban J connectivity index is 2.27. The molecular weight excluding hydrogens is 284 g/mol. The molecule has 6 heteroatoms. The van der Waals surface area contributed by atoms with E-state index in [2.05, 4.69) is 9.97 Å². The maximum Gasteiger partial charge on any atom is 0.353 e. The third kappa shape index (κ3) is 2.20. The molecule has 110 valence electrons. The normalized spacial score (nSPS) is 10.6. The van der Waals surface area contributed by atoms with E-state index < -0.39 is 11.8 Å². The van der Waals surface area contributed by atoms with Gasteiger partial charge in [-0.05, 0) is 30.3 Å². The summed E-state index contributed by atoms with van der Waals surface area (Å²) in [5.74, 6) is -1.05. The van der Waals surface area contributed by atoms with Crippen LogP contribution < -0.4 is 4.74 Å². The van der Waals surface area contributed by atoms with E-state index in [1.807, 2.05) is 0 Å². The van der Waals surface area contributed by atoms with Crippen molar-refractivity contribution in [3.8, 4) is 5.75 Å². The van der Waals surface area contributed by atoms with E-state index >= 15 is 0 Å². The number of aromatic nitrogens is 2. The number of carbonyl (C=O) groups is 2. The Morgan fingerprint density at radius 3 is 2.73 bits per heavy atom. The van der Waals surface area contributed by atoms with Crippen molar-refractivity contribution in [1.29, 1.82) is 0 Å². The largest absolute Gasteiger partial charge is 0.497 e. The minimum Gasteiger partial charge on any atom is -0.497 e. The van der Waals surface area contributed by atoms with Gasteiger partial charge >= 0.3 is 5.97 Å². The van der Waals surface area contributed by atoms with Gasteiger partial charge in [0, 0.05) is 28.9 Å². The lowest BCUT2D eigenvalue weighted by molar-refractivity contribution is 0.0687. The second-order valence-corrected chi connectivity index (χ2v) is 4.66. The molecule has 2 aromatic heterocycles. The molecule has 6 nitrogen and oxygen atoms in total. The first kappa shape index (κ1) is 13.8. The standard InChI is InChI=1S/C16H12N2O4/c1-22-10-4-5-12-11(7-10)13(14(18-12)16(20)21)15(19)9-3-2-6-17-8-9/h2-8,18H,1H3,(H,20,21). The summed E-state index contributed by atoms with van der Waals surface area (Å²) in [4.78, 5) is 30.8. The number of hydrogen-bond donors (Lipinski definition) is 2. The summed E-state index contributed by atoms with van der Waals surface area (Å²) in [5, 5.41) is 9.86. The minimum absolute atomic E-state index is 0.106. The van der Waals surface area contributed by atoms with Crippen LogP contribution in [0.5, 0.6) is 5.75 Å². The van der Waals surface area contributed by atoms with Gasteiger partial charge in [0.1, 0.15) is 11.4 Å². The van der Waals surface area contributed by atoms with Gasteiger partial charge in [-0.1, -0.05) is 0 Å². The zero-order valence-corrected chi connectivity index (χ0v) is 11.7. The molecule has 1 aromatic carbocycles. The van der Waals surface area contributed by atoms with E-state index in [-0.39, 0.29) is 11.3 Å². The number of aromatic carboxylic acids is 1. The molecule has 0 unspecified atom stereocenters. The highest BCUT2D eigenvalue weighted by molar-refractivity contribution is 6.21. The van der Waals surface area contributed by atoms with Crippen molar-refractivity contribution in [1.82, 2.24) is 9.97 Å². The zero-order valence-electron chi connectivity index (χ0n) is 11.7. The van der Waals surface area contributed by atoms with Gasteiger partial charge in [0.2, 0.25) is 0 Å². The number of hydrogen-bond acceptors (Lipinski definition) is 4. The van der Waals surface area contributed by atoms with E-state index in [1.54, 1.807) is 36.5 Å². The molecule has 0 aliphatic carbocycles. The Morgan fingerprint density at radius 2 is 2.09 bits per heavy atom. The SMILES string of the molecule is COc1ccc2[nH]c(C(=O)O)c(C(=O)c3cccnc3)c2c1. The molecule has 3 rings (SSSR count). The van der Waals surface area contributed by atoms with Gasteiger partial charge < -0.3 is 14.8 Å². The minimum atomic E-state index is -1.19. The summed E-state index contributed by atoms with van der Waals surface area (Å²) in [7, 11) is 1.51. The van der Waals surface area contributed by atoms with E-state index in [0.717, 1.165) is 0 Å². The van der Waals surface area contributed by atoms with E-state index in [0.29, 0.717) is 22.2 Å². The molecule has 0 saturated carbocycles. The predicted molar refractivity (Wildman–Crippen MR) is 79.5 cm³/mol. The van der Waals surface area contributed by atoms with E-state index in [4.69, 9.17) is 4.74 Å². The predicted octanol–water partition coefficient (Wildman–Crippen LogP) is 2.50. The van der Waals surface area contributed by atoms with Crippen molar-refractivity contribution >= 4 is 22.7 Å². The van der Waals surface area contributed by atoms with Crippen LogP contribution in [0.4, 0.5) is 0 Å². The highest BCUT2D eigenvalue weighted by Crippen LogP contribution is 2.28. The third-order valence-corrected chi connectivity index (χ3v) is 3.37. The van der Waals surface area contributed by atoms with Crippen LogP contribution >= 0.6 is 0 Å². The van der Waals surface area contributed by atoms with Crippen LogP contribution in [0.2, 0.25) is 0 Å². The Hall–Kier alpha value is -3.15. The highest BCUT2D eigenvalue weighted by Gasteiger charge is 2.24. The monoisotopic (exact) mass is 296 g/mol. The van der Waals surface area contributed by atoms with E-state index in [1.165, 1.54) is 13.3 Å². The molecule has 0 atom stereocenters. The van der Waals surface area contributed by atoms with Crippen molar-refractivity contribution in [2.45, 2.75) is 0 Å². The van der Waals surface area contributed by atoms with Gasteiger partial charge in [-0.3, -0.25) is 9.78 Å². The Labute approximate surface area is 125 Å². The highest BCUT2D eigenvalue weighted by atomic mass is 16.5. The molecule has 0 aliphatic rings. The summed E-state index contributed by atoms with van der Waals surface area (Å²) in [6.45, 7) is 0. The molecule has 0 bridgehead atoms. The first-order valence-corrected chi connectivity index (χ1v) is 6.49. The number of ketones is 1. The van der Waals surface area contributed by atoms with Crippen molar-refractivity contribution in [3.63, 3.8) is 0 Å². The second-order valence-electron chi connectivity index (χ2n) is 4.66. The summed E-state index contributed by atoms with van der Waals surface area (Å²) in [6, 6.07) is 8.24. The molecule has 22 heavy (non-hydrogen) atoms. The van der Waals surface area contributed by atoms with Crippen molar-refractivity contribution in [2.75, 3.05) is 7.11 Å². The van der Waals surface area contributed by atoms with Crippen LogP contribution in [0.3, 0.4) is 0 Å². The maximum atomic E-state index is 12.7. The number of carbonyl (C=O) groups excluding carboxylic acids is 1. The second kappa shape index (κ2) is 5.33. The molecular formula is C16H12N2O4. The number of pyridine rings is 1. The average molecular weight is 296 g/mol. The Bertz CT molecular complexity index is 868. The Kier molecular flexibility index (Phi) is 3.34. The van der Waals surface area contributed by atoms with Gasteiger partial charge in [-0.15, -0.1) is 0 Å². The van der Waals surface area contributed by atoms with Crippen LogP contribution in [0, 0.1) is 0 Å². The molecule has 0 spiro atoms. The lowest BCUT2D eigenvalue weighted by Gasteiger charge is -2.03. The fraction of sp³-hybridized carbons (Fsp3) is 0.0625. The number of carboxylic acids is 1. The number of carboxylic acid groups (broad SMARTS) is 1. The van der Waals surface area contributed by atoms with Crippen molar-refractivity contribution in [2.24, 2.45) is 0 Å². The molecule has 2 heterocycles. The molecule has 3 aromatic rings. The number of H-pyrrole nitrogens is 1. The lowest BCUT2D eigenvalue weighted by atomic mass is 10.0. The smallest absolute Gasteiger partial charge is 0.353 e. The van der Waals surface area contributed by atoms with Gasteiger partial charge in [0.05, 0.1) is 12.7 Å². The number of aromatic amines is 1. The molecule has 0 saturated heterocycles. The number of benzene rings is 1. The van der Waals surface area contributed by atoms with Crippen molar-refractivity contribution < 1.29 is 19.4 Å². The van der Waals surface area contributed by atoms with Gasteiger partial charge in [0.15, 0.2) is 5.78 Å². The average Bonchev–Trinajstić information content (AvgIpc) is 2.93. The number of methoxy groups -OCH3 is 1. The number of fused-ring (bicyclic) bond motifs is 1. The van der Waals surface area contributed by atoms with E-state index in [9.17, 15) is 14.7 Å². The topological polar surface area (TPSA) is 92.3 Å². The number of ether oxygens (including phenoxy) is 1. The third-order valence-electron chi connectivity index (χ3n) is 3.37. The number of nitrogens with zero attached hydrogens (tertiary/aromatic N) is 1. The van der Waals surface area contributed by atoms with Gasteiger partial charge in [-0.25, -0.2) is 4.79 Å². The number of nitrogens with one attached hydrogen (secondary N) is 1. The van der Waals surface area contributed by atoms with Gasteiger partial charge in [-0.2, -0.15) is 0 Å². The summed E-state index contributed by atoms with van der Waals surface area (Å²) in [6.07, 6.45) is 2.96. The molecule has 0 amide bonds. The van der Waals surface area contributed by atoms with Gasteiger partial charge in [0.25, 0.3) is 0 Å². The summed E-state index contributed by atoms with van der Waals surface area (Å²) in [5.41, 5.74) is 0.852. The summed E-state index contributed by atoms with van der Waals surface area (Å²) < 4.78 is 5.15. The van der Waals surface area contributed by atoms with Crippen LogP contribution in [0.1, 0.15) is 26.4 Å². The Morgan fingerprint density at radius 1 is 1.27 bits per heavy atom. The first-order chi connectivity index (χ1) is 10.6. The molecule has 2 N–H and O–H groups in total. The van der Waals surface area contributed by atoms with Crippen LogP contribution in [0.15, 0.2) is 42.7 Å². The quantitative estimate of drug-likeness (QED) is 0.722. The molecule has 0 fully saturated rings. The number of rotatable bonds is 4.